The second kappa shape index (κ2) is 8.84. The number of nitro benzene ring substituents is 1. The van der Waals surface area contributed by atoms with E-state index in [0.717, 1.165) is 6.07 Å². The van der Waals surface area contributed by atoms with Gasteiger partial charge in [0.15, 0.2) is 0 Å². The summed E-state index contributed by atoms with van der Waals surface area (Å²) in [6, 6.07) is 10.2. The Bertz CT molecular complexity index is 872. The topological polar surface area (TPSA) is 113 Å². The molecule has 28 heavy (non-hydrogen) atoms. The van der Waals surface area contributed by atoms with Gasteiger partial charge in [-0.05, 0) is 24.3 Å². The van der Waals surface area contributed by atoms with E-state index in [-0.39, 0.29) is 18.7 Å². The largest absolute Gasteiger partial charge is 0.416 e. The summed E-state index contributed by atoms with van der Waals surface area (Å²) in [5.74, 6) is -1.12. The average molecular weight is 396 g/mol. The lowest BCUT2D eigenvalue weighted by atomic mass is 10.1. The van der Waals surface area contributed by atoms with Crippen molar-refractivity contribution in [2.24, 2.45) is 0 Å². The van der Waals surface area contributed by atoms with Gasteiger partial charge in [0.05, 0.1) is 10.5 Å². The predicted octanol–water partition coefficient (Wildman–Crippen LogP) is 2.88. The third kappa shape index (κ3) is 5.69. The van der Waals surface area contributed by atoms with Gasteiger partial charge in [-0.25, -0.2) is 0 Å². The van der Waals surface area contributed by atoms with Gasteiger partial charge in [-0.15, -0.1) is 0 Å². The molecule has 0 atom stereocenters. The Hall–Kier alpha value is -3.63. The van der Waals surface area contributed by atoms with Crippen molar-refractivity contribution >= 4 is 23.2 Å². The number of carbonyl (C=O) groups is 2. The van der Waals surface area contributed by atoms with Crippen LogP contribution in [0.1, 0.15) is 22.3 Å². The lowest BCUT2D eigenvalue weighted by Gasteiger charge is -2.11. The number of amides is 2. The first-order valence-electron chi connectivity index (χ1n) is 7.92. The molecule has 2 rings (SSSR count). The summed E-state index contributed by atoms with van der Waals surface area (Å²) in [5, 5.41) is 13.5. The van der Waals surface area contributed by atoms with E-state index in [2.05, 4.69) is 16.2 Å². The van der Waals surface area contributed by atoms with E-state index in [4.69, 9.17) is 0 Å². The van der Waals surface area contributed by atoms with Gasteiger partial charge in [0, 0.05) is 24.6 Å². The zero-order valence-corrected chi connectivity index (χ0v) is 14.2. The van der Waals surface area contributed by atoms with Crippen molar-refractivity contribution in [1.29, 1.82) is 0 Å². The number of hydrazine groups is 1. The molecule has 0 radical (unpaired) electrons. The van der Waals surface area contributed by atoms with E-state index in [1.165, 1.54) is 0 Å². The fourth-order valence-electron chi connectivity index (χ4n) is 2.17. The lowest BCUT2D eigenvalue weighted by molar-refractivity contribution is -0.384. The maximum absolute atomic E-state index is 12.7. The Kier molecular flexibility index (Phi) is 6.53. The van der Waals surface area contributed by atoms with Crippen LogP contribution < -0.4 is 16.2 Å². The molecular weight excluding hydrogens is 381 g/mol. The van der Waals surface area contributed by atoms with Crippen LogP contribution in [-0.4, -0.2) is 23.3 Å². The number of benzene rings is 2. The standard InChI is InChI=1S/C17H15F3N4O4/c18-17(19,20)12-6-7-13(14(10-12)24(27)28)21-9-8-15(25)22-23-16(26)11-4-2-1-3-5-11/h1-7,10,21H,8-9H2,(H,22,25)(H,23,26). The Labute approximate surface area is 156 Å². The van der Waals surface area contributed by atoms with Crippen molar-refractivity contribution < 1.29 is 27.7 Å². The number of hydrogen-bond acceptors (Lipinski definition) is 5. The van der Waals surface area contributed by atoms with Gasteiger partial charge in [-0.1, -0.05) is 18.2 Å². The Morgan fingerprint density at radius 3 is 2.32 bits per heavy atom. The fraction of sp³-hybridized carbons (Fsp3) is 0.176. The molecule has 0 aromatic heterocycles. The number of nitro groups is 1. The molecule has 2 aromatic rings. The normalized spacial score (nSPS) is 10.8. The van der Waals surface area contributed by atoms with Crippen molar-refractivity contribution in [3.8, 4) is 0 Å². The summed E-state index contributed by atoms with van der Waals surface area (Å²) in [4.78, 5) is 33.5. The summed E-state index contributed by atoms with van der Waals surface area (Å²) in [5.41, 5.74) is 2.65. The zero-order valence-electron chi connectivity index (χ0n) is 14.2. The van der Waals surface area contributed by atoms with Gasteiger partial charge in [-0.3, -0.25) is 30.6 Å². The first kappa shape index (κ1) is 20.7. The van der Waals surface area contributed by atoms with E-state index in [1.807, 2.05) is 0 Å². The Morgan fingerprint density at radius 2 is 1.71 bits per heavy atom. The van der Waals surface area contributed by atoms with Gasteiger partial charge < -0.3 is 5.32 Å². The number of nitrogens with one attached hydrogen (secondary N) is 3. The molecule has 0 bridgehead atoms. The molecular formula is C17H15F3N4O4. The highest BCUT2D eigenvalue weighted by Gasteiger charge is 2.33. The monoisotopic (exact) mass is 396 g/mol. The molecule has 148 valence electrons. The Balaban J connectivity index is 1.88. The molecule has 11 heteroatoms. The summed E-state index contributed by atoms with van der Waals surface area (Å²) in [6.07, 6.45) is -4.90. The van der Waals surface area contributed by atoms with E-state index < -0.39 is 34.2 Å². The van der Waals surface area contributed by atoms with Gasteiger partial charge in [0.25, 0.3) is 11.6 Å². The highest BCUT2D eigenvalue weighted by Crippen LogP contribution is 2.34. The van der Waals surface area contributed by atoms with Crippen LogP contribution in [0, 0.1) is 10.1 Å². The minimum atomic E-state index is -4.71. The van der Waals surface area contributed by atoms with Crippen LogP contribution in [0.25, 0.3) is 0 Å². The minimum Gasteiger partial charge on any atom is -0.379 e. The quantitative estimate of drug-likeness (QED) is 0.513. The molecule has 2 aromatic carbocycles. The van der Waals surface area contributed by atoms with E-state index >= 15 is 0 Å². The van der Waals surface area contributed by atoms with Gasteiger partial charge in [0.2, 0.25) is 5.91 Å². The van der Waals surface area contributed by atoms with Crippen LogP contribution in [0.5, 0.6) is 0 Å². The number of alkyl halides is 3. The van der Waals surface area contributed by atoms with E-state index in [0.29, 0.717) is 17.7 Å². The van der Waals surface area contributed by atoms with Gasteiger partial charge in [-0.2, -0.15) is 13.2 Å². The molecule has 0 saturated heterocycles. The average Bonchev–Trinajstić information content (AvgIpc) is 2.66. The van der Waals surface area contributed by atoms with Crippen molar-refractivity contribution in [2.75, 3.05) is 11.9 Å². The summed E-state index contributed by atoms with van der Waals surface area (Å²) >= 11 is 0. The van der Waals surface area contributed by atoms with Crippen molar-refractivity contribution in [2.45, 2.75) is 12.6 Å². The number of hydrogen-bond donors (Lipinski definition) is 3. The maximum atomic E-state index is 12.7. The molecule has 2 amide bonds. The number of anilines is 1. The number of carbonyl (C=O) groups excluding carboxylic acids is 2. The number of rotatable bonds is 6. The molecule has 8 nitrogen and oxygen atoms in total. The smallest absolute Gasteiger partial charge is 0.379 e. The number of nitrogens with zero attached hydrogens (tertiary/aromatic N) is 1. The second-order valence-corrected chi connectivity index (χ2v) is 5.53. The predicted molar refractivity (Wildman–Crippen MR) is 93.3 cm³/mol. The summed E-state index contributed by atoms with van der Waals surface area (Å²) < 4.78 is 38.0. The highest BCUT2D eigenvalue weighted by molar-refractivity contribution is 5.95. The van der Waals surface area contributed by atoms with Crippen LogP contribution in [-0.2, 0) is 11.0 Å². The van der Waals surface area contributed by atoms with Crippen molar-refractivity contribution in [3.63, 3.8) is 0 Å². The van der Waals surface area contributed by atoms with Crippen LogP contribution in [0.2, 0.25) is 0 Å². The van der Waals surface area contributed by atoms with Crippen molar-refractivity contribution in [3.05, 3.63) is 69.8 Å². The SMILES string of the molecule is O=C(CCNc1ccc(C(F)(F)F)cc1[N+](=O)[O-])NNC(=O)c1ccccc1. The minimum absolute atomic E-state index is 0.0980. The highest BCUT2D eigenvalue weighted by atomic mass is 19.4. The molecule has 0 fully saturated rings. The third-order valence-electron chi connectivity index (χ3n) is 3.54. The summed E-state index contributed by atoms with van der Waals surface area (Å²) in [6.45, 7) is -0.0980. The number of halogens is 3. The van der Waals surface area contributed by atoms with Crippen LogP contribution >= 0.6 is 0 Å². The molecule has 0 heterocycles. The Morgan fingerprint density at radius 1 is 1.04 bits per heavy atom. The van der Waals surface area contributed by atoms with Crippen LogP contribution in [0.3, 0.4) is 0 Å². The molecule has 0 spiro atoms. The van der Waals surface area contributed by atoms with Crippen LogP contribution in [0.15, 0.2) is 48.5 Å². The molecule has 0 aliphatic heterocycles. The van der Waals surface area contributed by atoms with Crippen molar-refractivity contribution in [1.82, 2.24) is 10.9 Å². The molecule has 3 N–H and O–H groups in total. The molecule has 0 saturated carbocycles. The molecule has 0 aliphatic rings. The second-order valence-electron chi connectivity index (χ2n) is 5.53. The van der Waals surface area contributed by atoms with E-state index in [9.17, 15) is 32.9 Å². The molecule has 0 unspecified atom stereocenters. The summed E-state index contributed by atoms with van der Waals surface area (Å²) in [7, 11) is 0. The maximum Gasteiger partial charge on any atom is 0.416 e. The first-order valence-corrected chi connectivity index (χ1v) is 7.92. The van der Waals surface area contributed by atoms with E-state index in [1.54, 1.807) is 30.3 Å². The van der Waals surface area contributed by atoms with Crippen LogP contribution in [0.4, 0.5) is 24.5 Å². The van der Waals surface area contributed by atoms with Gasteiger partial charge in [0.1, 0.15) is 5.69 Å². The lowest BCUT2D eigenvalue weighted by Crippen LogP contribution is -2.42. The fourth-order valence-corrected chi connectivity index (χ4v) is 2.17. The third-order valence-corrected chi connectivity index (χ3v) is 3.54. The first-order chi connectivity index (χ1) is 13.2. The zero-order chi connectivity index (χ0) is 20.7. The van der Waals surface area contributed by atoms with Gasteiger partial charge >= 0.3 is 6.18 Å². The molecule has 0 aliphatic carbocycles.